The van der Waals surface area contributed by atoms with Gasteiger partial charge in [0.2, 0.25) is 0 Å². The average Bonchev–Trinajstić information content (AvgIpc) is 3.16. The number of benzene rings is 2. The molecule has 7 nitrogen and oxygen atoms in total. The molecule has 2 aromatic heterocycles. The Labute approximate surface area is 163 Å². The molecule has 4 rings (SSSR count). The Hall–Kier alpha value is -3.26. The summed E-state index contributed by atoms with van der Waals surface area (Å²) in [5.74, 6) is 0. The van der Waals surface area contributed by atoms with E-state index in [0.29, 0.717) is 17.0 Å². The minimum absolute atomic E-state index is 0.238. The number of nitrogens with one attached hydrogen (secondary N) is 1. The van der Waals surface area contributed by atoms with E-state index in [2.05, 4.69) is 26.9 Å². The molecule has 142 valence electrons. The van der Waals surface area contributed by atoms with Crippen molar-refractivity contribution < 1.29 is 8.42 Å². The molecule has 1 N–H and O–H groups in total. The van der Waals surface area contributed by atoms with Crippen LogP contribution in [0.15, 0.2) is 71.9 Å². The second-order valence-electron chi connectivity index (χ2n) is 6.43. The number of anilines is 1. The molecule has 0 saturated heterocycles. The van der Waals surface area contributed by atoms with Crippen LogP contribution >= 0.6 is 0 Å². The number of fused-ring (bicyclic) bond motifs is 1. The van der Waals surface area contributed by atoms with Crippen LogP contribution < -0.4 is 4.72 Å². The molecule has 0 spiro atoms. The average molecular weight is 393 g/mol. The Morgan fingerprint density at radius 1 is 1.04 bits per heavy atom. The van der Waals surface area contributed by atoms with Crippen molar-refractivity contribution in [1.29, 1.82) is 0 Å². The summed E-state index contributed by atoms with van der Waals surface area (Å²) in [7, 11) is -3.67. The summed E-state index contributed by atoms with van der Waals surface area (Å²) in [5, 5.41) is 12.2. The van der Waals surface area contributed by atoms with Crippen LogP contribution in [0.2, 0.25) is 0 Å². The highest BCUT2D eigenvalue weighted by Crippen LogP contribution is 2.23. The van der Waals surface area contributed by atoms with Gasteiger partial charge in [-0.1, -0.05) is 37.6 Å². The summed E-state index contributed by atoms with van der Waals surface area (Å²) in [5.41, 5.74) is 3.72. The molecule has 4 aromatic rings. The van der Waals surface area contributed by atoms with Gasteiger partial charge >= 0.3 is 0 Å². The lowest BCUT2D eigenvalue weighted by Crippen LogP contribution is -2.13. The maximum absolute atomic E-state index is 12.7. The van der Waals surface area contributed by atoms with Crippen molar-refractivity contribution >= 4 is 21.4 Å². The zero-order chi connectivity index (χ0) is 19.6. The van der Waals surface area contributed by atoms with Crippen LogP contribution in [-0.2, 0) is 16.4 Å². The molecule has 28 heavy (non-hydrogen) atoms. The molecule has 0 amide bonds. The smallest absolute Gasteiger partial charge is 0.261 e. The number of hydrogen-bond acceptors (Lipinski definition) is 5. The van der Waals surface area contributed by atoms with Gasteiger partial charge in [0.1, 0.15) is 6.33 Å². The van der Waals surface area contributed by atoms with Gasteiger partial charge in [-0.25, -0.2) is 8.42 Å². The lowest BCUT2D eigenvalue weighted by Gasteiger charge is -2.10. The van der Waals surface area contributed by atoms with Crippen molar-refractivity contribution in [1.82, 2.24) is 19.8 Å². The van der Waals surface area contributed by atoms with Crippen LogP contribution in [0.3, 0.4) is 0 Å². The van der Waals surface area contributed by atoms with Crippen LogP contribution in [-0.4, -0.2) is 28.2 Å². The molecule has 0 aliphatic carbocycles. The fraction of sp³-hybridized carbons (Fsp3) is 0.150. The zero-order valence-corrected chi connectivity index (χ0v) is 16.1. The van der Waals surface area contributed by atoms with E-state index in [-0.39, 0.29) is 4.90 Å². The summed E-state index contributed by atoms with van der Waals surface area (Å²) >= 11 is 0. The van der Waals surface area contributed by atoms with E-state index in [1.807, 2.05) is 30.3 Å². The van der Waals surface area contributed by atoms with Gasteiger partial charge in [0.25, 0.3) is 10.0 Å². The Kier molecular flexibility index (Phi) is 4.79. The fourth-order valence-electron chi connectivity index (χ4n) is 2.96. The van der Waals surface area contributed by atoms with Crippen molar-refractivity contribution in [3.8, 4) is 11.3 Å². The standard InChI is InChI=1S/C20H19N5O2S/c1-2-4-15-7-9-18(10-8-15)28(26,27)24-17-6-3-5-16(13-17)19-11-12-20-22-21-14-25(20)23-19/h3,5-14,24H,2,4H2,1H3. The summed E-state index contributed by atoms with van der Waals surface area (Å²) in [6.07, 6.45) is 3.47. The molecule has 0 atom stereocenters. The van der Waals surface area contributed by atoms with E-state index >= 15 is 0 Å². The van der Waals surface area contributed by atoms with Crippen molar-refractivity contribution in [2.75, 3.05) is 4.72 Å². The first-order valence-corrected chi connectivity index (χ1v) is 10.4. The first kappa shape index (κ1) is 18.1. The van der Waals surface area contributed by atoms with Gasteiger partial charge in [-0.2, -0.15) is 9.61 Å². The molecule has 0 unspecified atom stereocenters. The van der Waals surface area contributed by atoms with Crippen molar-refractivity contribution in [3.05, 3.63) is 72.6 Å². The maximum atomic E-state index is 12.7. The molecule has 0 bridgehead atoms. The van der Waals surface area contributed by atoms with Crippen LogP contribution in [0.4, 0.5) is 5.69 Å². The minimum atomic E-state index is -3.67. The van der Waals surface area contributed by atoms with Crippen LogP contribution in [0.25, 0.3) is 16.9 Å². The zero-order valence-electron chi connectivity index (χ0n) is 15.3. The quantitative estimate of drug-likeness (QED) is 0.541. The number of sulfonamides is 1. The summed E-state index contributed by atoms with van der Waals surface area (Å²) < 4.78 is 29.6. The third-order valence-electron chi connectivity index (χ3n) is 4.34. The summed E-state index contributed by atoms with van der Waals surface area (Å²) in [4.78, 5) is 0.238. The van der Waals surface area contributed by atoms with E-state index in [4.69, 9.17) is 0 Å². The van der Waals surface area contributed by atoms with Crippen LogP contribution in [0, 0.1) is 0 Å². The summed E-state index contributed by atoms with van der Waals surface area (Å²) in [6, 6.07) is 17.7. The van der Waals surface area contributed by atoms with Crippen LogP contribution in [0.1, 0.15) is 18.9 Å². The molecule has 2 heterocycles. The second-order valence-corrected chi connectivity index (χ2v) is 8.11. The number of aromatic nitrogens is 4. The van der Waals surface area contributed by atoms with Crippen molar-refractivity contribution in [3.63, 3.8) is 0 Å². The first-order valence-electron chi connectivity index (χ1n) is 8.94. The predicted octanol–water partition coefficient (Wildman–Crippen LogP) is 3.54. The van der Waals surface area contributed by atoms with Gasteiger partial charge in [-0.05, 0) is 48.4 Å². The van der Waals surface area contributed by atoms with E-state index < -0.39 is 10.0 Å². The molecule has 2 aromatic carbocycles. The largest absolute Gasteiger partial charge is 0.280 e. The molecule has 0 saturated carbocycles. The molecule has 0 aliphatic rings. The van der Waals surface area contributed by atoms with E-state index in [1.54, 1.807) is 34.8 Å². The van der Waals surface area contributed by atoms with E-state index in [1.165, 1.54) is 6.33 Å². The normalized spacial score (nSPS) is 11.6. The van der Waals surface area contributed by atoms with Gasteiger partial charge < -0.3 is 0 Å². The minimum Gasteiger partial charge on any atom is -0.280 e. The highest BCUT2D eigenvalue weighted by Gasteiger charge is 2.14. The topological polar surface area (TPSA) is 89.2 Å². The lowest BCUT2D eigenvalue weighted by atomic mass is 10.1. The van der Waals surface area contributed by atoms with Gasteiger partial charge in [0.05, 0.1) is 10.6 Å². The molecule has 0 radical (unpaired) electrons. The third-order valence-corrected chi connectivity index (χ3v) is 5.74. The highest BCUT2D eigenvalue weighted by atomic mass is 32.2. The van der Waals surface area contributed by atoms with Crippen LogP contribution in [0.5, 0.6) is 0 Å². The molecule has 0 aliphatic heterocycles. The highest BCUT2D eigenvalue weighted by molar-refractivity contribution is 7.92. The van der Waals surface area contributed by atoms with E-state index in [9.17, 15) is 8.42 Å². The van der Waals surface area contributed by atoms with E-state index in [0.717, 1.165) is 24.0 Å². The Bertz CT molecular complexity index is 1220. The Morgan fingerprint density at radius 3 is 2.64 bits per heavy atom. The number of nitrogens with zero attached hydrogens (tertiary/aromatic N) is 4. The SMILES string of the molecule is CCCc1ccc(S(=O)(=O)Nc2cccc(-c3ccc4nncn4n3)c2)cc1. The van der Waals surface area contributed by atoms with Gasteiger partial charge in [-0.3, -0.25) is 4.72 Å². The number of rotatable bonds is 6. The Morgan fingerprint density at radius 2 is 1.86 bits per heavy atom. The molecule has 8 heteroatoms. The van der Waals surface area contributed by atoms with Gasteiger partial charge in [0, 0.05) is 11.3 Å². The first-order chi connectivity index (χ1) is 13.5. The Balaban J connectivity index is 1.60. The number of aryl methyl sites for hydroxylation is 1. The van der Waals surface area contributed by atoms with Crippen molar-refractivity contribution in [2.24, 2.45) is 0 Å². The third kappa shape index (κ3) is 3.72. The molecule has 0 fully saturated rings. The number of hydrogen-bond donors (Lipinski definition) is 1. The fourth-order valence-corrected chi connectivity index (χ4v) is 4.01. The summed E-state index contributed by atoms with van der Waals surface area (Å²) in [6.45, 7) is 2.09. The second kappa shape index (κ2) is 7.40. The van der Waals surface area contributed by atoms with Gasteiger partial charge in [-0.15, -0.1) is 10.2 Å². The van der Waals surface area contributed by atoms with Gasteiger partial charge in [0.15, 0.2) is 5.65 Å². The molecular formula is C20H19N5O2S. The monoisotopic (exact) mass is 393 g/mol. The van der Waals surface area contributed by atoms with Crippen molar-refractivity contribution in [2.45, 2.75) is 24.7 Å². The molecular weight excluding hydrogens is 374 g/mol. The maximum Gasteiger partial charge on any atom is 0.261 e. The predicted molar refractivity (Wildman–Crippen MR) is 107 cm³/mol. The lowest BCUT2D eigenvalue weighted by molar-refractivity contribution is 0.601.